The third-order valence-electron chi connectivity index (χ3n) is 2.42. The van der Waals surface area contributed by atoms with Crippen molar-refractivity contribution in [2.75, 3.05) is 5.32 Å². The molecule has 0 radical (unpaired) electrons. The zero-order valence-electron chi connectivity index (χ0n) is 10.4. The van der Waals surface area contributed by atoms with E-state index in [1.165, 1.54) is 19.1 Å². The van der Waals surface area contributed by atoms with Gasteiger partial charge in [0.1, 0.15) is 5.82 Å². The van der Waals surface area contributed by atoms with Crippen molar-refractivity contribution >= 4 is 23.5 Å². The van der Waals surface area contributed by atoms with Crippen molar-refractivity contribution < 1.29 is 9.18 Å². The Morgan fingerprint density at radius 3 is 2.32 bits per heavy atom. The Kier molecular flexibility index (Phi) is 4.03. The highest BCUT2D eigenvalue weighted by atomic mass is 19.1. The molecule has 19 heavy (non-hydrogen) atoms. The van der Waals surface area contributed by atoms with Gasteiger partial charge in [0.25, 0.3) is 0 Å². The summed E-state index contributed by atoms with van der Waals surface area (Å²) < 4.78 is 12.7. The molecule has 2 rings (SSSR count). The molecule has 0 saturated carbocycles. The van der Waals surface area contributed by atoms with E-state index in [1.54, 1.807) is 42.6 Å². The highest BCUT2D eigenvalue weighted by Gasteiger charge is 1.95. The van der Waals surface area contributed by atoms with Gasteiger partial charge >= 0.3 is 0 Å². The van der Waals surface area contributed by atoms with Crippen LogP contribution in [0.4, 0.5) is 15.8 Å². The number of hydrogen-bond donors (Lipinski definition) is 1. The number of carbonyl (C=O) groups excluding carboxylic acids is 1. The zero-order valence-corrected chi connectivity index (χ0v) is 10.4. The van der Waals surface area contributed by atoms with Gasteiger partial charge in [0.05, 0.1) is 5.69 Å². The van der Waals surface area contributed by atoms with Gasteiger partial charge in [0.15, 0.2) is 0 Å². The van der Waals surface area contributed by atoms with Crippen molar-refractivity contribution in [2.24, 2.45) is 4.99 Å². The van der Waals surface area contributed by atoms with Crippen molar-refractivity contribution in [2.45, 2.75) is 6.92 Å². The van der Waals surface area contributed by atoms with Crippen LogP contribution in [0.25, 0.3) is 0 Å². The molecule has 2 aromatic carbocycles. The van der Waals surface area contributed by atoms with Crippen LogP contribution in [0.2, 0.25) is 0 Å². The molecule has 96 valence electrons. The summed E-state index contributed by atoms with van der Waals surface area (Å²) in [6.07, 6.45) is 1.66. The fourth-order valence-electron chi connectivity index (χ4n) is 1.53. The van der Waals surface area contributed by atoms with Gasteiger partial charge in [-0.25, -0.2) is 4.39 Å². The van der Waals surface area contributed by atoms with E-state index >= 15 is 0 Å². The summed E-state index contributed by atoms with van der Waals surface area (Å²) in [5.74, 6) is -0.376. The first-order valence-corrected chi connectivity index (χ1v) is 5.81. The molecule has 0 aliphatic carbocycles. The summed E-state index contributed by atoms with van der Waals surface area (Å²) in [5, 5.41) is 2.68. The summed E-state index contributed by atoms with van der Waals surface area (Å²) in [7, 11) is 0. The molecular formula is C15H13FN2O. The largest absolute Gasteiger partial charge is 0.326 e. The van der Waals surface area contributed by atoms with Crippen LogP contribution in [0.15, 0.2) is 53.5 Å². The predicted octanol–water partition coefficient (Wildman–Crippen LogP) is 3.53. The van der Waals surface area contributed by atoms with Gasteiger partial charge in [0, 0.05) is 18.8 Å². The molecule has 3 nitrogen and oxygen atoms in total. The van der Waals surface area contributed by atoms with Crippen molar-refractivity contribution in [3.63, 3.8) is 0 Å². The SMILES string of the molecule is CC(=O)Nc1ccc(N=Cc2ccc(F)cc2)cc1. The van der Waals surface area contributed by atoms with Gasteiger partial charge in [-0.3, -0.25) is 9.79 Å². The lowest BCUT2D eigenvalue weighted by Gasteiger charge is -2.01. The Hall–Kier alpha value is -2.49. The minimum Gasteiger partial charge on any atom is -0.326 e. The van der Waals surface area contributed by atoms with E-state index in [1.807, 2.05) is 0 Å². The lowest BCUT2D eigenvalue weighted by Crippen LogP contribution is -2.04. The van der Waals surface area contributed by atoms with Gasteiger partial charge < -0.3 is 5.32 Å². The van der Waals surface area contributed by atoms with E-state index in [0.29, 0.717) is 0 Å². The second-order valence-electron chi connectivity index (χ2n) is 4.04. The molecule has 1 N–H and O–H groups in total. The highest BCUT2D eigenvalue weighted by Crippen LogP contribution is 2.16. The number of nitrogens with one attached hydrogen (secondary N) is 1. The van der Waals surface area contributed by atoms with Crippen LogP contribution in [0, 0.1) is 5.82 Å². The van der Waals surface area contributed by atoms with Crippen molar-refractivity contribution in [1.29, 1.82) is 0 Å². The smallest absolute Gasteiger partial charge is 0.221 e. The van der Waals surface area contributed by atoms with E-state index in [9.17, 15) is 9.18 Å². The number of amides is 1. The number of carbonyl (C=O) groups is 1. The maximum absolute atomic E-state index is 12.7. The first kappa shape index (κ1) is 13.0. The summed E-state index contributed by atoms with van der Waals surface area (Å²) in [6, 6.07) is 13.2. The second kappa shape index (κ2) is 5.91. The van der Waals surface area contributed by atoms with Crippen LogP contribution in [0.5, 0.6) is 0 Å². The average molecular weight is 256 g/mol. The summed E-state index contributed by atoms with van der Waals surface area (Å²) in [5.41, 5.74) is 2.32. The first-order valence-electron chi connectivity index (χ1n) is 5.81. The molecule has 0 aliphatic heterocycles. The molecule has 0 bridgehead atoms. The first-order chi connectivity index (χ1) is 9.13. The van der Waals surface area contributed by atoms with E-state index in [-0.39, 0.29) is 11.7 Å². The normalized spacial score (nSPS) is 10.6. The van der Waals surface area contributed by atoms with Crippen LogP contribution in [0.1, 0.15) is 12.5 Å². The van der Waals surface area contributed by atoms with Crippen molar-refractivity contribution in [3.05, 3.63) is 59.9 Å². The average Bonchev–Trinajstić information content (AvgIpc) is 2.39. The molecule has 0 atom stereocenters. The maximum atomic E-state index is 12.7. The third kappa shape index (κ3) is 4.03. The third-order valence-corrected chi connectivity index (χ3v) is 2.42. The molecule has 0 aliphatic rings. The van der Waals surface area contributed by atoms with E-state index < -0.39 is 0 Å². The topological polar surface area (TPSA) is 41.5 Å². The molecule has 0 fully saturated rings. The number of halogens is 1. The minimum absolute atomic E-state index is 0.109. The van der Waals surface area contributed by atoms with Crippen LogP contribution in [-0.2, 0) is 4.79 Å². The van der Waals surface area contributed by atoms with Crippen molar-refractivity contribution in [3.8, 4) is 0 Å². The monoisotopic (exact) mass is 256 g/mol. The van der Waals surface area contributed by atoms with Gasteiger partial charge in [-0.05, 0) is 42.0 Å². The lowest BCUT2D eigenvalue weighted by atomic mass is 10.2. The number of rotatable bonds is 3. The van der Waals surface area contributed by atoms with E-state index in [0.717, 1.165) is 16.9 Å². The number of aliphatic imine (C=N–C) groups is 1. The molecule has 1 amide bonds. The van der Waals surface area contributed by atoms with Gasteiger partial charge in [0.2, 0.25) is 5.91 Å². The fourth-order valence-corrected chi connectivity index (χ4v) is 1.53. The fraction of sp³-hybridized carbons (Fsp3) is 0.0667. The molecule has 0 aromatic heterocycles. The quantitative estimate of drug-likeness (QED) is 0.838. The Morgan fingerprint density at radius 2 is 1.74 bits per heavy atom. The van der Waals surface area contributed by atoms with Gasteiger partial charge in [-0.15, -0.1) is 0 Å². The number of anilines is 1. The Labute approximate surface area is 110 Å². The molecule has 4 heteroatoms. The molecule has 2 aromatic rings. The molecule has 0 unspecified atom stereocenters. The van der Waals surface area contributed by atoms with Crippen molar-refractivity contribution in [1.82, 2.24) is 0 Å². The van der Waals surface area contributed by atoms with Gasteiger partial charge in [-0.2, -0.15) is 0 Å². The molecular weight excluding hydrogens is 243 g/mol. The maximum Gasteiger partial charge on any atom is 0.221 e. The number of nitrogens with zero attached hydrogens (tertiary/aromatic N) is 1. The van der Waals surface area contributed by atoms with Gasteiger partial charge in [-0.1, -0.05) is 12.1 Å². The van der Waals surface area contributed by atoms with Crippen LogP contribution in [0.3, 0.4) is 0 Å². The van der Waals surface area contributed by atoms with E-state index in [2.05, 4.69) is 10.3 Å². The summed E-state index contributed by atoms with van der Waals surface area (Å²) in [4.78, 5) is 15.1. The standard InChI is InChI=1S/C15H13FN2O/c1-11(19)18-15-8-6-14(7-9-15)17-10-12-2-4-13(16)5-3-12/h2-10H,1H3,(H,18,19). The summed E-state index contributed by atoms with van der Waals surface area (Å²) >= 11 is 0. The Bertz CT molecular complexity index is 589. The highest BCUT2D eigenvalue weighted by molar-refractivity contribution is 5.89. The van der Waals surface area contributed by atoms with E-state index in [4.69, 9.17) is 0 Å². The minimum atomic E-state index is -0.267. The number of hydrogen-bond acceptors (Lipinski definition) is 2. The molecule has 0 spiro atoms. The Morgan fingerprint density at radius 1 is 1.11 bits per heavy atom. The Balaban J connectivity index is 2.06. The number of benzene rings is 2. The van der Waals surface area contributed by atoms with Crippen LogP contribution >= 0.6 is 0 Å². The zero-order chi connectivity index (χ0) is 13.7. The summed E-state index contributed by atoms with van der Waals surface area (Å²) in [6.45, 7) is 1.46. The van der Waals surface area contributed by atoms with Crippen LogP contribution < -0.4 is 5.32 Å². The predicted molar refractivity (Wildman–Crippen MR) is 74.4 cm³/mol. The lowest BCUT2D eigenvalue weighted by molar-refractivity contribution is -0.114. The second-order valence-corrected chi connectivity index (χ2v) is 4.04. The van der Waals surface area contributed by atoms with Crippen LogP contribution in [-0.4, -0.2) is 12.1 Å². The molecule has 0 heterocycles. The molecule has 0 saturated heterocycles.